The van der Waals surface area contributed by atoms with Crippen molar-refractivity contribution >= 4 is 11.9 Å². The van der Waals surface area contributed by atoms with Gasteiger partial charge < -0.3 is 9.84 Å². The van der Waals surface area contributed by atoms with Gasteiger partial charge in [-0.1, -0.05) is 6.58 Å². The lowest BCUT2D eigenvalue weighted by Gasteiger charge is -1.82. The van der Waals surface area contributed by atoms with Crippen LogP contribution < -0.4 is 0 Å². The van der Waals surface area contributed by atoms with Gasteiger partial charge in [0.05, 0.1) is 5.92 Å². The number of hydrogen-bond donors (Lipinski definition) is 1. The van der Waals surface area contributed by atoms with Crippen molar-refractivity contribution in [1.29, 1.82) is 0 Å². The maximum absolute atomic E-state index is 10.2. The molecule has 4 heteroatoms. The number of hydrogen-bond acceptors (Lipinski definition) is 3. The molecule has 0 fully saturated rings. The third kappa shape index (κ3) is 4.40. The number of carbonyl (C=O) groups is 2. The van der Waals surface area contributed by atoms with Crippen LogP contribution in [-0.4, -0.2) is 17.0 Å². The maximum atomic E-state index is 10.2. The molecule has 0 rings (SSSR count). The lowest BCUT2D eigenvalue weighted by molar-refractivity contribution is -0.131. The Labute approximate surface area is 57.1 Å². The summed E-state index contributed by atoms with van der Waals surface area (Å²) in [5.41, 5.74) is 0. The zero-order chi connectivity index (χ0) is 7.98. The van der Waals surface area contributed by atoms with Gasteiger partial charge >= 0.3 is 11.9 Å². The molecule has 0 aliphatic heterocycles. The molecule has 0 spiro atoms. The number of carboxylic acids is 1. The molecule has 0 aliphatic rings. The Morgan fingerprint density at radius 3 is 2.60 bits per heavy atom. The standard InChI is InChI=1S/C6H4O4/c1-2-6(9)10-4-3-5(7)8/h2H,1H2,(H,7,8). The third-order valence-electron chi connectivity index (χ3n) is 0.476. The summed E-state index contributed by atoms with van der Waals surface area (Å²) in [5, 5.41) is 7.91. The molecule has 10 heavy (non-hydrogen) atoms. The minimum atomic E-state index is -1.35. The Bertz CT molecular complexity index is 218. The summed E-state index contributed by atoms with van der Waals surface area (Å²) in [5.74, 6) is -0.533. The molecule has 0 unspecified atom stereocenters. The number of ether oxygens (including phenoxy) is 1. The van der Waals surface area contributed by atoms with Crippen LogP contribution in [0.25, 0.3) is 0 Å². The van der Waals surface area contributed by atoms with Crippen molar-refractivity contribution in [2.45, 2.75) is 0 Å². The van der Waals surface area contributed by atoms with Crippen LogP contribution in [0.4, 0.5) is 0 Å². The van der Waals surface area contributed by atoms with E-state index in [1.165, 1.54) is 0 Å². The first kappa shape index (κ1) is 8.24. The highest BCUT2D eigenvalue weighted by Gasteiger charge is 1.89. The first-order valence-corrected chi connectivity index (χ1v) is 2.24. The second-order valence-electron chi connectivity index (χ2n) is 1.16. The molecule has 0 radical (unpaired) electrons. The van der Waals surface area contributed by atoms with Crippen LogP contribution in [0, 0.1) is 12.0 Å². The van der Waals surface area contributed by atoms with E-state index in [9.17, 15) is 9.59 Å². The lowest BCUT2D eigenvalue weighted by Crippen LogP contribution is -1.94. The van der Waals surface area contributed by atoms with Gasteiger partial charge in [0, 0.05) is 6.08 Å². The smallest absolute Gasteiger partial charge is 0.385 e. The van der Waals surface area contributed by atoms with Crippen LogP contribution in [0.5, 0.6) is 0 Å². The Kier molecular flexibility index (Phi) is 3.42. The van der Waals surface area contributed by atoms with Crippen molar-refractivity contribution in [2.75, 3.05) is 0 Å². The van der Waals surface area contributed by atoms with Crippen molar-refractivity contribution in [1.82, 2.24) is 0 Å². The molecule has 4 nitrogen and oxygen atoms in total. The zero-order valence-electron chi connectivity index (χ0n) is 4.96. The molecule has 1 N–H and O–H groups in total. The first-order valence-electron chi connectivity index (χ1n) is 2.24. The molecule has 0 amide bonds. The molecule has 0 heterocycles. The molecule has 0 bridgehead atoms. The van der Waals surface area contributed by atoms with Crippen LogP contribution in [-0.2, 0) is 14.3 Å². The van der Waals surface area contributed by atoms with Gasteiger partial charge in [0.25, 0.3) is 0 Å². The topological polar surface area (TPSA) is 63.6 Å². The van der Waals surface area contributed by atoms with E-state index in [1.807, 2.05) is 0 Å². The fourth-order valence-electron chi connectivity index (χ4n) is 0.161. The first-order chi connectivity index (χ1) is 4.66. The van der Waals surface area contributed by atoms with Crippen molar-refractivity contribution in [3.8, 4) is 12.0 Å². The van der Waals surface area contributed by atoms with Gasteiger partial charge in [-0.15, -0.1) is 0 Å². The molecule has 0 saturated heterocycles. The van der Waals surface area contributed by atoms with Crippen molar-refractivity contribution in [2.24, 2.45) is 0 Å². The van der Waals surface area contributed by atoms with Gasteiger partial charge in [0.15, 0.2) is 0 Å². The number of aliphatic carboxylic acids is 1. The number of esters is 1. The van der Waals surface area contributed by atoms with Crippen LogP contribution in [0.1, 0.15) is 0 Å². The quantitative estimate of drug-likeness (QED) is 0.310. The van der Waals surface area contributed by atoms with E-state index in [2.05, 4.69) is 11.3 Å². The highest BCUT2D eigenvalue weighted by atomic mass is 16.5. The number of carboxylic acid groups (broad SMARTS) is 1. The molecule has 0 aliphatic carbocycles. The van der Waals surface area contributed by atoms with Gasteiger partial charge in [-0.3, -0.25) is 0 Å². The van der Waals surface area contributed by atoms with E-state index >= 15 is 0 Å². The van der Waals surface area contributed by atoms with Crippen LogP contribution in [0.3, 0.4) is 0 Å². The van der Waals surface area contributed by atoms with Gasteiger partial charge in [-0.25, -0.2) is 9.59 Å². The fourth-order valence-corrected chi connectivity index (χ4v) is 0.161. The average molecular weight is 140 g/mol. The van der Waals surface area contributed by atoms with Gasteiger partial charge in [-0.2, -0.15) is 0 Å². The monoisotopic (exact) mass is 140 g/mol. The normalized spacial score (nSPS) is 6.80. The van der Waals surface area contributed by atoms with Gasteiger partial charge in [-0.05, 0) is 0 Å². The summed E-state index contributed by atoms with van der Waals surface area (Å²) in [6.07, 6.45) is 2.55. The second kappa shape index (κ2) is 4.15. The Hall–Kier alpha value is -1.76. The summed E-state index contributed by atoms with van der Waals surface area (Å²) in [6, 6.07) is 0. The van der Waals surface area contributed by atoms with Crippen molar-refractivity contribution in [3.05, 3.63) is 12.7 Å². The molecule has 0 aromatic heterocycles. The predicted molar refractivity (Wildman–Crippen MR) is 31.7 cm³/mol. The Balaban J connectivity index is 3.77. The van der Waals surface area contributed by atoms with Crippen LogP contribution in [0.2, 0.25) is 0 Å². The van der Waals surface area contributed by atoms with Crippen molar-refractivity contribution < 1.29 is 19.4 Å². The van der Waals surface area contributed by atoms with Crippen LogP contribution >= 0.6 is 0 Å². The summed E-state index contributed by atoms with van der Waals surface area (Å²) in [4.78, 5) is 19.8. The molecular formula is C6H4O4. The van der Waals surface area contributed by atoms with E-state index in [0.717, 1.165) is 6.08 Å². The highest BCUT2D eigenvalue weighted by Crippen LogP contribution is 1.73. The van der Waals surface area contributed by atoms with Crippen molar-refractivity contribution in [3.63, 3.8) is 0 Å². The summed E-state index contributed by atoms with van der Waals surface area (Å²) < 4.78 is 4.00. The zero-order valence-corrected chi connectivity index (χ0v) is 4.96. The number of rotatable bonds is 1. The molecule has 52 valence electrons. The molecular weight excluding hydrogens is 136 g/mol. The maximum Gasteiger partial charge on any atom is 0.385 e. The fraction of sp³-hybridized carbons (Fsp3) is 0. The lowest BCUT2D eigenvalue weighted by atomic mass is 10.6. The highest BCUT2D eigenvalue weighted by molar-refractivity contribution is 5.87. The Morgan fingerprint density at radius 2 is 2.20 bits per heavy atom. The second-order valence-corrected chi connectivity index (χ2v) is 1.16. The average Bonchev–Trinajstić information content (AvgIpc) is 1.87. The third-order valence-corrected chi connectivity index (χ3v) is 0.476. The molecule has 0 aromatic rings. The SMILES string of the molecule is C=CC(=O)OC#CC(=O)O. The molecule has 0 aromatic carbocycles. The van der Waals surface area contributed by atoms with E-state index in [0.29, 0.717) is 0 Å². The molecule has 0 saturated carbocycles. The summed E-state index contributed by atoms with van der Waals surface area (Å²) in [6.45, 7) is 3.07. The minimum Gasteiger partial charge on any atom is -0.472 e. The van der Waals surface area contributed by atoms with Crippen LogP contribution in [0.15, 0.2) is 12.7 Å². The number of carbonyl (C=O) groups excluding carboxylic acids is 1. The van der Waals surface area contributed by atoms with Gasteiger partial charge in [0.1, 0.15) is 6.11 Å². The van der Waals surface area contributed by atoms with Gasteiger partial charge in [0.2, 0.25) is 0 Å². The van der Waals surface area contributed by atoms with E-state index in [4.69, 9.17) is 5.11 Å². The summed E-state index contributed by atoms with van der Waals surface area (Å²) >= 11 is 0. The largest absolute Gasteiger partial charge is 0.472 e. The Morgan fingerprint density at radius 1 is 1.60 bits per heavy atom. The predicted octanol–water partition coefficient (Wildman–Crippen LogP) is -0.239. The molecule has 0 atom stereocenters. The van der Waals surface area contributed by atoms with E-state index in [1.54, 1.807) is 12.0 Å². The summed E-state index contributed by atoms with van der Waals surface area (Å²) in [7, 11) is 0. The van der Waals surface area contributed by atoms with E-state index in [-0.39, 0.29) is 0 Å². The minimum absolute atomic E-state index is 0.770. The van der Waals surface area contributed by atoms with E-state index < -0.39 is 11.9 Å².